The van der Waals surface area contributed by atoms with Gasteiger partial charge in [-0.15, -0.1) is 0 Å². The molecule has 0 unspecified atom stereocenters. The smallest absolute Gasteiger partial charge is 0.201 e. The molecule has 2 aromatic rings. The van der Waals surface area contributed by atoms with Crippen molar-refractivity contribution in [3.05, 3.63) is 46.3 Å². The van der Waals surface area contributed by atoms with Crippen molar-refractivity contribution in [3.8, 4) is 0 Å². The molecule has 2 rings (SSSR count). The fourth-order valence-corrected chi connectivity index (χ4v) is 1.74. The Bertz CT molecular complexity index is 679. The molecule has 6 heteroatoms. The van der Waals surface area contributed by atoms with Gasteiger partial charge in [0.25, 0.3) is 0 Å². The zero-order valence-corrected chi connectivity index (χ0v) is 11.2. The minimum atomic E-state index is -0.123. The molecule has 0 radical (unpaired) electrons. The molecule has 5 nitrogen and oxygen atoms in total. The summed E-state index contributed by atoms with van der Waals surface area (Å²) in [5.41, 5.74) is 3.42. The third-order valence-electron chi connectivity index (χ3n) is 2.41. The van der Waals surface area contributed by atoms with Gasteiger partial charge in [-0.1, -0.05) is 12.1 Å². The first-order valence-corrected chi connectivity index (χ1v) is 6.20. The summed E-state index contributed by atoms with van der Waals surface area (Å²) in [6.45, 7) is 2.63. The van der Waals surface area contributed by atoms with Gasteiger partial charge in [0.05, 0.1) is 17.2 Å². The van der Waals surface area contributed by atoms with Crippen LogP contribution in [0.4, 0.5) is 0 Å². The summed E-state index contributed by atoms with van der Waals surface area (Å²) in [6, 6.07) is 7.07. The molecule has 0 spiro atoms. The predicted octanol–water partition coefficient (Wildman–Crippen LogP) is 1.61. The standard InChI is InChI=1S/C13H13N3O2S/c1-2-14-13(19)16-15-7-9-8-18-11-6-4-3-5-10(11)12(9)17/h3-8H,2H2,1H3,(H2,14,16,19). The van der Waals surface area contributed by atoms with Crippen LogP contribution in [0.25, 0.3) is 11.0 Å². The van der Waals surface area contributed by atoms with Gasteiger partial charge in [-0.25, -0.2) is 0 Å². The maximum absolute atomic E-state index is 12.1. The van der Waals surface area contributed by atoms with Crippen LogP contribution in [0.3, 0.4) is 0 Å². The number of fused-ring (bicyclic) bond motifs is 1. The van der Waals surface area contributed by atoms with Crippen LogP contribution in [-0.2, 0) is 0 Å². The predicted molar refractivity (Wildman–Crippen MR) is 79.5 cm³/mol. The van der Waals surface area contributed by atoms with Gasteiger partial charge in [0.1, 0.15) is 11.8 Å². The number of para-hydroxylation sites is 1. The van der Waals surface area contributed by atoms with Crippen molar-refractivity contribution < 1.29 is 4.42 Å². The Balaban J connectivity index is 2.22. The highest BCUT2D eigenvalue weighted by atomic mass is 32.1. The second-order valence-electron chi connectivity index (χ2n) is 3.75. The largest absolute Gasteiger partial charge is 0.463 e. The average molecular weight is 275 g/mol. The van der Waals surface area contributed by atoms with Crippen molar-refractivity contribution in [2.24, 2.45) is 5.10 Å². The number of hydrogen-bond donors (Lipinski definition) is 2. The minimum Gasteiger partial charge on any atom is -0.463 e. The lowest BCUT2D eigenvalue weighted by Crippen LogP contribution is -2.31. The zero-order valence-electron chi connectivity index (χ0n) is 10.3. The van der Waals surface area contributed by atoms with Crippen LogP contribution < -0.4 is 16.2 Å². The monoisotopic (exact) mass is 275 g/mol. The van der Waals surface area contributed by atoms with Crippen LogP contribution in [0.1, 0.15) is 12.5 Å². The Hall–Kier alpha value is -2.21. The van der Waals surface area contributed by atoms with E-state index in [-0.39, 0.29) is 5.43 Å². The Morgan fingerprint density at radius 3 is 3.05 bits per heavy atom. The fraction of sp³-hybridized carbons (Fsp3) is 0.154. The van der Waals surface area contributed by atoms with Crippen LogP contribution in [0.2, 0.25) is 0 Å². The number of nitrogens with one attached hydrogen (secondary N) is 2. The number of rotatable bonds is 3. The molecule has 0 bridgehead atoms. The highest BCUT2D eigenvalue weighted by Gasteiger charge is 2.03. The SMILES string of the molecule is CCNC(=S)NN=Cc1coc2ccccc2c1=O. The first-order valence-electron chi connectivity index (χ1n) is 5.80. The van der Waals surface area contributed by atoms with Crippen LogP contribution in [0.15, 0.2) is 44.8 Å². The van der Waals surface area contributed by atoms with Crippen LogP contribution >= 0.6 is 12.2 Å². The lowest BCUT2D eigenvalue weighted by molar-refractivity contribution is 0.601. The molecule has 19 heavy (non-hydrogen) atoms. The summed E-state index contributed by atoms with van der Waals surface area (Å²) < 4.78 is 5.36. The Kier molecular flexibility index (Phi) is 4.25. The molecule has 1 aromatic carbocycles. The van der Waals surface area contributed by atoms with E-state index in [0.717, 1.165) is 0 Å². The molecule has 1 heterocycles. The third-order valence-corrected chi connectivity index (χ3v) is 2.65. The molecule has 98 valence electrons. The van der Waals surface area contributed by atoms with Crippen LogP contribution in [0.5, 0.6) is 0 Å². The van der Waals surface area contributed by atoms with Gasteiger partial charge in [-0.2, -0.15) is 5.10 Å². The summed E-state index contributed by atoms with van der Waals surface area (Å²) in [4.78, 5) is 12.1. The van der Waals surface area contributed by atoms with Crippen molar-refractivity contribution in [1.82, 2.24) is 10.7 Å². The van der Waals surface area contributed by atoms with Gasteiger partial charge in [0.2, 0.25) is 5.43 Å². The van der Waals surface area contributed by atoms with E-state index in [2.05, 4.69) is 15.8 Å². The van der Waals surface area contributed by atoms with Gasteiger partial charge in [0, 0.05) is 6.54 Å². The average Bonchev–Trinajstić information content (AvgIpc) is 2.42. The maximum atomic E-state index is 12.1. The maximum Gasteiger partial charge on any atom is 0.201 e. The summed E-state index contributed by atoms with van der Waals surface area (Å²) in [5, 5.41) is 7.70. The number of hydrogen-bond acceptors (Lipinski definition) is 4. The summed E-state index contributed by atoms with van der Waals surface area (Å²) in [6.07, 6.45) is 2.77. The number of thiocarbonyl (C=S) groups is 1. The topological polar surface area (TPSA) is 66.6 Å². The number of hydrazone groups is 1. The number of nitrogens with zero attached hydrogens (tertiary/aromatic N) is 1. The van der Waals surface area contributed by atoms with E-state index in [0.29, 0.717) is 28.2 Å². The van der Waals surface area contributed by atoms with E-state index in [1.807, 2.05) is 13.0 Å². The molecule has 0 amide bonds. The molecule has 0 aliphatic rings. The van der Waals surface area contributed by atoms with E-state index in [1.165, 1.54) is 12.5 Å². The molecule has 0 saturated heterocycles. The third kappa shape index (κ3) is 3.17. The Morgan fingerprint density at radius 1 is 1.47 bits per heavy atom. The minimum absolute atomic E-state index is 0.123. The van der Waals surface area contributed by atoms with E-state index in [4.69, 9.17) is 16.6 Å². The van der Waals surface area contributed by atoms with Crippen molar-refractivity contribution in [2.45, 2.75) is 6.92 Å². The Labute approximate surface area is 115 Å². The van der Waals surface area contributed by atoms with Crippen molar-refractivity contribution in [3.63, 3.8) is 0 Å². The molecule has 0 atom stereocenters. The van der Waals surface area contributed by atoms with Gasteiger partial charge in [-0.05, 0) is 31.3 Å². The highest BCUT2D eigenvalue weighted by Crippen LogP contribution is 2.09. The van der Waals surface area contributed by atoms with Crippen molar-refractivity contribution in [1.29, 1.82) is 0 Å². The van der Waals surface area contributed by atoms with E-state index in [1.54, 1.807) is 18.2 Å². The normalized spacial score (nSPS) is 10.8. The lowest BCUT2D eigenvalue weighted by Gasteiger charge is -2.02. The van der Waals surface area contributed by atoms with E-state index >= 15 is 0 Å². The summed E-state index contributed by atoms with van der Waals surface area (Å²) >= 11 is 4.94. The molecule has 1 aromatic heterocycles. The molecular formula is C13H13N3O2S. The van der Waals surface area contributed by atoms with Gasteiger partial charge < -0.3 is 9.73 Å². The van der Waals surface area contributed by atoms with Crippen molar-refractivity contribution in [2.75, 3.05) is 6.54 Å². The Morgan fingerprint density at radius 2 is 2.26 bits per heavy atom. The van der Waals surface area contributed by atoms with E-state index < -0.39 is 0 Å². The molecule has 0 aliphatic carbocycles. The zero-order chi connectivity index (χ0) is 13.7. The molecule has 0 aliphatic heterocycles. The second kappa shape index (κ2) is 6.10. The fourth-order valence-electron chi connectivity index (χ4n) is 1.54. The van der Waals surface area contributed by atoms with Gasteiger partial charge >= 0.3 is 0 Å². The summed E-state index contributed by atoms with van der Waals surface area (Å²) in [7, 11) is 0. The van der Waals surface area contributed by atoms with Gasteiger partial charge in [0.15, 0.2) is 5.11 Å². The first kappa shape index (κ1) is 13.2. The molecule has 0 saturated carbocycles. The number of benzene rings is 1. The highest BCUT2D eigenvalue weighted by molar-refractivity contribution is 7.80. The molecular weight excluding hydrogens is 262 g/mol. The lowest BCUT2D eigenvalue weighted by atomic mass is 10.2. The second-order valence-corrected chi connectivity index (χ2v) is 4.15. The van der Waals surface area contributed by atoms with Gasteiger partial charge in [-0.3, -0.25) is 10.2 Å². The van der Waals surface area contributed by atoms with E-state index in [9.17, 15) is 4.79 Å². The molecule has 0 fully saturated rings. The van der Waals surface area contributed by atoms with Crippen LogP contribution in [0, 0.1) is 0 Å². The van der Waals surface area contributed by atoms with Crippen LogP contribution in [-0.4, -0.2) is 17.9 Å². The summed E-state index contributed by atoms with van der Waals surface area (Å²) in [5.74, 6) is 0. The first-order chi connectivity index (χ1) is 9.22. The quantitative estimate of drug-likeness (QED) is 0.506. The van der Waals surface area contributed by atoms with Crippen molar-refractivity contribution >= 4 is 34.5 Å². The molecule has 2 N–H and O–H groups in total.